The normalized spacial score (nSPS) is 25.3. The summed E-state index contributed by atoms with van der Waals surface area (Å²) in [4.78, 5) is 14.2. The number of carbonyl (C=O) groups is 1. The molecule has 0 bridgehead atoms. The molecule has 2 heterocycles. The van der Waals surface area contributed by atoms with Gasteiger partial charge in [-0.2, -0.15) is 0 Å². The van der Waals surface area contributed by atoms with Crippen molar-refractivity contribution in [3.8, 4) is 0 Å². The third-order valence-corrected chi connectivity index (χ3v) is 3.61. The van der Waals surface area contributed by atoms with Gasteiger partial charge in [-0.15, -0.1) is 12.4 Å². The van der Waals surface area contributed by atoms with Crippen LogP contribution in [-0.2, 0) is 4.79 Å². The topological polar surface area (TPSA) is 44.4 Å². The highest BCUT2D eigenvalue weighted by Crippen LogP contribution is 2.08. The van der Waals surface area contributed by atoms with Gasteiger partial charge >= 0.3 is 0 Å². The molecular weight excluding hydrogens is 238 g/mol. The van der Waals surface area contributed by atoms with Crippen LogP contribution in [0.4, 0.5) is 0 Å². The summed E-state index contributed by atoms with van der Waals surface area (Å²) in [5.41, 5.74) is 0. The predicted molar refractivity (Wildman–Crippen MR) is 71.5 cm³/mol. The first-order valence-electron chi connectivity index (χ1n) is 6.57. The summed E-state index contributed by atoms with van der Waals surface area (Å²) in [5, 5.41) is 6.27. The lowest BCUT2D eigenvalue weighted by Gasteiger charge is -2.26. The summed E-state index contributed by atoms with van der Waals surface area (Å²) in [7, 11) is 0. The molecule has 0 aromatic heterocycles. The fraction of sp³-hybridized carbons (Fsp3) is 0.917. The summed E-state index contributed by atoms with van der Waals surface area (Å²) in [6.45, 7) is 6.10. The van der Waals surface area contributed by atoms with E-state index in [9.17, 15) is 4.79 Å². The van der Waals surface area contributed by atoms with Crippen LogP contribution >= 0.6 is 12.4 Å². The van der Waals surface area contributed by atoms with Crippen LogP contribution in [0.5, 0.6) is 0 Å². The Morgan fingerprint density at radius 1 is 1.29 bits per heavy atom. The van der Waals surface area contributed by atoms with Crippen LogP contribution in [0.2, 0.25) is 0 Å². The lowest BCUT2D eigenvalue weighted by molar-refractivity contribution is -0.124. The molecule has 100 valence electrons. The zero-order valence-electron chi connectivity index (χ0n) is 10.4. The second kappa shape index (κ2) is 7.90. The third kappa shape index (κ3) is 4.82. The second-order valence-electron chi connectivity index (χ2n) is 4.88. The van der Waals surface area contributed by atoms with Gasteiger partial charge in [-0.1, -0.05) is 6.42 Å². The number of nitrogens with zero attached hydrogens (tertiary/aromatic N) is 1. The van der Waals surface area contributed by atoms with Gasteiger partial charge in [0.1, 0.15) is 0 Å². The summed E-state index contributed by atoms with van der Waals surface area (Å²) >= 11 is 0. The van der Waals surface area contributed by atoms with E-state index in [1.807, 2.05) is 0 Å². The van der Waals surface area contributed by atoms with E-state index >= 15 is 0 Å². The summed E-state index contributed by atoms with van der Waals surface area (Å²) < 4.78 is 0. The Labute approximate surface area is 110 Å². The van der Waals surface area contributed by atoms with E-state index in [1.54, 1.807) is 0 Å². The van der Waals surface area contributed by atoms with Crippen LogP contribution in [0.3, 0.4) is 0 Å². The Bertz CT molecular complexity index is 226. The largest absolute Gasteiger partial charge is 0.355 e. The van der Waals surface area contributed by atoms with E-state index in [1.165, 1.54) is 32.4 Å². The van der Waals surface area contributed by atoms with E-state index in [2.05, 4.69) is 15.5 Å². The minimum atomic E-state index is 0. The van der Waals surface area contributed by atoms with Crippen LogP contribution in [0, 0.1) is 5.92 Å². The van der Waals surface area contributed by atoms with Crippen LogP contribution in [-0.4, -0.2) is 50.1 Å². The minimum absolute atomic E-state index is 0. The number of halogens is 1. The van der Waals surface area contributed by atoms with Gasteiger partial charge in [0.05, 0.1) is 5.92 Å². The minimum Gasteiger partial charge on any atom is -0.355 e. The predicted octanol–water partition coefficient (Wildman–Crippen LogP) is 0.620. The highest BCUT2D eigenvalue weighted by atomic mass is 35.5. The second-order valence-corrected chi connectivity index (χ2v) is 4.88. The standard InChI is InChI=1S/C12H23N3O.ClH/c16-12(11-4-5-13-10-11)14-6-9-15-7-2-1-3-8-15;/h11,13H,1-10H2,(H,14,16);1H. The Morgan fingerprint density at radius 2 is 2.06 bits per heavy atom. The molecule has 0 radical (unpaired) electrons. The first-order valence-corrected chi connectivity index (χ1v) is 6.57. The van der Waals surface area contributed by atoms with E-state index < -0.39 is 0 Å². The van der Waals surface area contributed by atoms with Gasteiger partial charge < -0.3 is 15.5 Å². The molecule has 2 aliphatic rings. The molecule has 0 aliphatic carbocycles. The van der Waals surface area contributed by atoms with Gasteiger partial charge in [0, 0.05) is 19.6 Å². The maximum absolute atomic E-state index is 11.7. The zero-order chi connectivity index (χ0) is 11.2. The molecule has 2 rings (SSSR count). The number of carbonyl (C=O) groups excluding carboxylic acids is 1. The van der Waals surface area contributed by atoms with E-state index in [-0.39, 0.29) is 24.2 Å². The molecular formula is C12H24ClN3O. The molecule has 0 aromatic carbocycles. The number of hydrogen-bond acceptors (Lipinski definition) is 3. The van der Waals surface area contributed by atoms with E-state index in [0.717, 1.165) is 32.6 Å². The Balaban J connectivity index is 0.00000144. The maximum atomic E-state index is 11.7. The quantitative estimate of drug-likeness (QED) is 0.780. The SMILES string of the molecule is Cl.O=C(NCCN1CCCCC1)C1CCNC1. The lowest BCUT2D eigenvalue weighted by atomic mass is 10.1. The third-order valence-electron chi connectivity index (χ3n) is 3.61. The van der Waals surface area contributed by atoms with Crippen LogP contribution in [0.25, 0.3) is 0 Å². The van der Waals surface area contributed by atoms with Gasteiger partial charge in [-0.05, 0) is 38.9 Å². The van der Waals surface area contributed by atoms with Crippen LogP contribution < -0.4 is 10.6 Å². The first-order chi connectivity index (χ1) is 7.86. The monoisotopic (exact) mass is 261 g/mol. The molecule has 0 spiro atoms. The van der Waals surface area contributed by atoms with Crippen molar-refractivity contribution in [3.05, 3.63) is 0 Å². The molecule has 0 aromatic rings. The van der Waals surface area contributed by atoms with Gasteiger partial charge in [0.25, 0.3) is 0 Å². The Hall–Kier alpha value is -0.320. The molecule has 2 saturated heterocycles. The molecule has 5 heteroatoms. The first kappa shape index (κ1) is 14.7. The van der Waals surface area contributed by atoms with Crippen molar-refractivity contribution in [2.45, 2.75) is 25.7 Å². The summed E-state index contributed by atoms with van der Waals surface area (Å²) in [6.07, 6.45) is 5.01. The Morgan fingerprint density at radius 3 is 2.71 bits per heavy atom. The molecule has 1 atom stereocenters. The van der Waals surface area contributed by atoms with E-state index in [4.69, 9.17) is 0 Å². The fourth-order valence-electron chi connectivity index (χ4n) is 2.54. The number of likely N-dealkylation sites (tertiary alicyclic amines) is 1. The van der Waals surface area contributed by atoms with Crippen molar-refractivity contribution in [2.75, 3.05) is 39.3 Å². The van der Waals surface area contributed by atoms with E-state index in [0.29, 0.717) is 0 Å². The number of piperidine rings is 1. The number of amides is 1. The highest BCUT2D eigenvalue weighted by Gasteiger charge is 2.21. The van der Waals surface area contributed by atoms with Gasteiger partial charge in [-0.3, -0.25) is 4.79 Å². The highest BCUT2D eigenvalue weighted by molar-refractivity contribution is 5.85. The Kier molecular flexibility index (Phi) is 6.85. The molecule has 0 saturated carbocycles. The van der Waals surface area contributed by atoms with Crippen LogP contribution in [0.15, 0.2) is 0 Å². The van der Waals surface area contributed by atoms with Crippen molar-refractivity contribution < 1.29 is 4.79 Å². The lowest BCUT2D eigenvalue weighted by Crippen LogP contribution is -2.40. The summed E-state index contributed by atoms with van der Waals surface area (Å²) in [5.74, 6) is 0.448. The molecule has 1 amide bonds. The van der Waals surface area contributed by atoms with Crippen molar-refractivity contribution >= 4 is 18.3 Å². The zero-order valence-corrected chi connectivity index (χ0v) is 11.2. The van der Waals surface area contributed by atoms with Gasteiger partial charge in [0.15, 0.2) is 0 Å². The molecule has 17 heavy (non-hydrogen) atoms. The average molecular weight is 262 g/mol. The van der Waals surface area contributed by atoms with Crippen molar-refractivity contribution in [2.24, 2.45) is 5.92 Å². The summed E-state index contributed by atoms with van der Waals surface area (Å²) in [6, 6.07) is 0. The smallest absolute Gasteiger partial charge is 0.224 e. The van der Waals surface area contributed by atoms with Crippen LogP contribution in [0.1, 0.15) is 25.7 Å². The molecule has 4 nitrogen and oxygen atoms in total. The fourth-order valence-corrected chi connectivity index (χ4v) is 2.54. The molecule has 2 fully saturated rings. The number of nitrogens with one attached hydrogen (secondary N) is 2. The number of hydrogen-bond donors (Lipinski definition) is 2. The molecule has 2 N–H and O–H groups in total. The van der Waals surface area contributed by atoms with Crippen molar-refractivity contribution in [3.63, 3.8) is 0 Å². The molecule has 2 aliphatic heterocycles. The molecule has 1 unspecified atom stereocenters. The average Bonchev–Trinajstić information content (AvgIpc) is 2.84. The van der Waals surface area contributed by atoms with Gasteiger partial charge in [-0.25, -0.2) is 0 Å². The van der Waals surface area contributed by atoms with Crippen molar-refractivity contribution in [1.29, 1.82) is 0 Å². The number of rotatable bonds is 4. The van der Waals surface area contributed by atoms with Crippen molar-refractivity contribution in [1.82, 2.24) is 15.5 Å². The maximum Gasteiger partial charge on any atom is 0.224 e. The van der Waals surface area contributed by atoms with Gasteiger partial charge in [0.2, 0.25) is 5.91 Å².